The van der Waals surface area contributed by atoms with E-state index < -0.39 is 0 Å². The van der Waals surface area contributed by atoms with Gasteiger partial charge in [0, 0.05) is 24.7 Å². The molecule has 134 valence electrons. The van der Waals surface area contributed by atoms with Gasteiger partial charge in [-0.3, -0.25) is 4.79 Å². The number of pyridine rings is 1. The van der Waals surface area contributed by atoms with Gasteiger partial charge in [0.1, 0.15) is 0 Å². The smallest absolute Gasteiger partial charge is 0.259 e. The highest BCUT2D eigenvalue weighted by Gasteiger charge is 2.37. The molecular formula is C19H26N4O2. The van der Waals surface area contributed by atoms with Gasteiger partial charge in [0.05, 0.1) is 16.6 Å². The summed E-state index contributed by atoms with van der Waals surface area (Å²) in [5.41, 5.74) is 8.95. The number of likely N-dealkylation sites (tertiary alicyclic amines) is 1. The molecule has 2 aromatic rings. The second kappa shape index (κ2) is 6.09. The van der Waals surface area contributed by atoms with E-state index >= 15 is 0 Å². The molecule has 1 saturated heterocycles. The third-order valence-corrected chi connectivity index (χ3v) is 5.59. The Morgan fingerprint density at radius 1 is 1.48 bits per heavy atom. The molecule has 1 unspecified atom stereocenters. The molecule has 0 aromatic carbocycles. The van der Waals surface area contributed by atoms with Gasteiger partial charge < -0.3 is 15.2 Å². The maximum atomic E-state index is 13.3. The Morgan fingerprint density at radius 2 is 2.28 bits per heavy atom. The maximum absolute atomic E-state index is 13.3. The highest BCUT2D eigenvalue weighted by molar-refractivity contribution is 6.06. The summed E-state index contributed by atoms with van der Waals surface area (Å²) < 4.78 is 5.48. The molecule has 1 atom stereocenters. The van der Waals surface area contributed by atoms with E-state index in [1.54, 1.807) is 0 Å². The Hall–Kier alpha value is -1.95. The standard InChI is InChI=1S/C19H26N4O2/c1-3-4-14-16-13(18(24)23-8-7-19(2,10-20)11-23)9-15(12-5-6-12)21-17(16)25-22-14/h9,12H,3-8,10-11,20H2,1-2H3. The van der Waals surface area contributed by atoms with E-state index in [4.69, 9.17) is 10.3 Å². The number of aromatic nitrogens is 2. The van der Waals surface area contributed by atoms with Crippen molar-refractivity contribution in [3.05, 3.63) is 23.0 Å². The van der Waals surface area contributed by atoms with Gasteiger partial charge in [-0.05, 0) is 43.7 Å². The lowest BCUT2D eigenvalue weighted by atomic mass is 9.90. The molecule has 2 aromatic heterocycles. The molecule has 2 N–H and O–H groups in total. The average molecular weight is 342 g/mol. The largest absolute Gasteiger partial charge is 0.338 e. The number of nitrogens with zero attached hydrogens (tertiary/aromatic N) is 3. The maximum Gasteiger partial charge on any atom is 0.259 e. The minimum Gasteiger partial charge on any atom is -0.338 e. The molecule has 1 amide bonds. The van der Waals surface area contributed by atoms with E-state index in [0.29, 0.717) is 30.3 Å². The topological polar surface area (TPSA) is 85.2 Å². The molecular weight excluding hydrogens is 316 g/mol. The van der Waals surface area contributed by atoms with Gasteiger partial charge in [-0.1, -0.05) is 25.4 Å². The molecule has 0 spiro atoms. The van der Waals surface area contributed by atoms with Gasteiger partial charge in [0.2, 0.25) is 0 Å². The van der Waals surface area contributed by atoms with Crippen LogP contribution >= 0.6 is 0 Å². The molecule has 1 saturated carbocycles. The fourth-order valence-corrected chi connectivity index (χ4v) is 3.73. The normalized spacial score (nSPS) is 23.6. The zero-order valence-electron chi connectivity index (χ0n) is 15.0. The van der Waals surface area contributed by atoms with E-state index in [0.717, 1.165) is 55.4 Å². The Kier molecular flexibility index (Phi) is 4.02. The molecule has 25 heavy (non-hydrogen) atoms. The average Bonchev–Trinajstić information content (AvgIpc) is 3.29. The summed E-state index contributed by atoms with van der Waals surface area (Å²) in [7, 11) is 0. The Labute approximate surface area is 147 Å². The number of carbonyl (C=O) groups is 1. The summed E-state index contributed by atoms with van der Waals surface area (Å²) >= 11 is 0. The second-order valence-electron chi connectivity index (χ2n) is 7.92. The molecule has 1 aliphatic heterocycles. The molecule has 3 heterocycles. The van der Waals surface area contributed by atoms with E-state index in [1.165, 1.54) is 0 Å². The Morgan fingerprint density at radius 3 is 2.92 bits per heavy atom. The number of amides is 1. The van der Waals surface area contributed by atoms with Crippen LogP contribution in [-0.2, 0) is 6.42 Å². The van der Waals surface area contributed by atoms with Gasteiger partial charge in [0.25, 0.3) is 11.6 Å². The molecule has 2 fully saturated rings. The summed E-state index contributed by atoms with van der Waals surface area (Å²) in [4.78, 5) is 19.9. The Balaban J connectivity index is 1.76. The van der Waals surface area contributed by atoms with Crippen LogP contribution < -0.4 is 5.73 Å². The van der Waals surface area contributed by atoms with Crippen LogP contribution in [0.1, 0.15) is 67.2 Å². The van der Waals surface area contributed by atoms with Crippen LogP contribution in [0.15, 0.2) is 10.6 Å². The van der Waals surface area contributed by atoms with Crippen molar-refractivity contribution in [2.24, 2.45) is 11.1 Å². The van der Waals surface area contributed by atoms with E-state index in [-0.39, 0.29) is 11.3 Å². The number of carbonyl (C=O) groups excluding carboxylic acids is 1. The minimum atomic E-state index is 0.0159. The number of fused-ring (bicyclic) bond motifs is 1. The van der Waals surface area contributed by atoms with E-state index in [1.807, 2.05) is 11.0 Å². The van der Waals surface area contributed by atoms with Gasteiger partial charge in [-0.25, -0.2) is 4.98 Å². The number of rotatable bonds is 5. The van der Waals surface area contributed by atoms with Crippen molar-refractivity contribution in [2.45, 2.75) is 51.9 Å². The van der Waals surface area contributed by atoms with Crippen LogP contribution in [0.3, 0.4) is 0 Å². The highest BCUT2D eigenvalue weighted by atomic mass is 16.5. The first kappa shape index (κ1) is 16.5. The van der Waals surface area contributed by atoms with Crippen LogP contribution in [0.4, 0.5) is 0 Å². The van der Waals surface area contributed by atoms with Crippen LogP contribution in [0.5, 0.6) is 0 Å². The summed E-state index contributed by atoms with van der Waals surface area (Å²) in [6.45, 7) is 6.31. The zero-order valence-corrected chi connectivity index (χ0v) is 15.0. The van der Waals surface area contributed by atoms with Gasteiger partial charge >= 0.3 is 0 Å². The van der Waals surface area contributed by atoms with Crippen LogP contribution in [0.2, 0.25) is 0 Å². The SMILES string of the molecule is CCCc1noc2nc(C3CC3)cc(C(=O)N3CCC(C)(CN)C3)c12. The summed E-state index contributed by atoms with van der Waals surface area (Å²) in [5, 5.41) is 5.00. The monoisotopic (exact) mass is 342 g/mol. The van der Waals surface area contributed by atoms with Crippen molar-refractivity contribution in [2.75, 3.05) is 19.6 Å². The van der Waals surface area contributed by atoms with Crippen molar-refractivity contribution < 1.29 is 9.32 Å². The number of nitrogens with two attached hydrogens (primary N) is 1. The summed E-state index contributed by atoms with van der Waals surface area (Å²) in [5.74, 6) is 0.524. The first-order chi connectivity index (χ1) is 12.0. The lowest BCUT2D eigenvalue weighted by Gasteiger charge is -2.23. The third-order valence-electron chi connectivity index (χ3n) is 5.59. The van der Waals surface area contributed by atoms with Crippen LogP contribution in [-0.4, -0.2) is 40.6 Å². The fraction of sp³-hybridized carbons (Fsp3) is 0.632. The van der Waals surface area contributed by atoms with Gasteiger partial charge in [-0.15, -0.1) is 0 Å². The molecule has 2 aliphatic rings. The predicted octanol–water partition coefficient (Wildman–Crippen LogP) is 2.86. The number of aryl methyl sites for hydroxylation is 1. The van der Waals surface area contributed by atoms with E-state index in [2.05, 4.69) is 24.0 Å². The molecule has 6 nitrogen and oxygen atoms in total. The van der Waals surface area contributed by atoms with Gasteiger partial charge in [-0.2, -0.15) is 0 Å². The van der Waals surface area contributed by atoms with Crippen LogP contribution in [0.25, 0.3) is 11.1 Å². The Bertz CT molecular complexity index is 811. The molecule has 1 aliphatic carbocycles. The highest BCUT2D eigenvalue weighted by Crippen LogP contribution is 2.41. The minimum absolute atomic E-state index is 0.0159. The molecule has 0 radical (unpaired) electrons. The third kappa shape index (κ3) is 2.92. The first-order valence-corrected chi connectivity index (χ1v) is 9.33. The summed E-state index contributed by atoms with van der Waals surface area (Å²) in [6.07, 6.45) is 4.96. The number of hydrogen-bond donors (Lipinski definition) is 1. The quantitative estimate of drug-likeness (QED) is 0.903. The lowest BCUT2D eigenvalue weighted by molar-refractivity contribution is 0.0778. The number of hydrogen-bond acceptors (Lipinski definition) is 5. The van der Waals surface area contributed by atoms with Crippen molar-refractivity contribution in [1.82, 2.24) is 15.0 Å². The first-order valence-electron chi connectivity index (χ1n) is 9.33. The fourth-order valence-electron chi connectivity index (χ4n) is 3.73. The summed E-state index contributed by atoms with van der Waals surface area (Å²) in [6, 6.07) is 1.98. The van der Waals surface area contributed by atoms with Crippen molar-refractivity contribution in [3.63, 3.8) is 0 Å². The predicted molar refractivity (Wildman–Crippen MR) is 95.5 cm³/mol. The van der Waals surface area contributed by atoms with Crippen molar-refractivity contribution in [1.29, 1.82) is 0 Å². The van der Waals surface area contributed by atoms with Crippen LogP contribution in [0, 0.1) is 5.41 Å². The molecule has 6 heteroatoms. The lowest BCUT2D eigenvalue weighted by Crippen LogP contribution is -2.34. The van der Waals surface area contributed by atoms with Gasteiger partial charge in [0.15, 0.2) is 0 Å². The molecule has 4 rings (SSSR count). The zero-order chi connectivity index (χ0) is 17.6. The second-order valence-corrected chi connectivity index (χ2v) is 7.92. The molecule has 0 bridgehead atoms. The van der Waals surface area contributed by atoms with E-state index in [9.17, 15) is 4.79 Å². The van der Waals surface area contributed by atoms with Crippen molar-refractivity contribution in [3.8, 4) is 0 Å². The van der Waals surface area contributed by atoms with Crippen molar-refractivity contribution >= 4 is 17.0 Å².